The molecule has 0 aromatic heterocycles. The molecule has 1 N–H and O–H groups in total. The van der Waals surface area contributed by atoms with Gasteiger partial charge in [0.2, 0.25) is 0 Å². The number of piperidine rings is 1. The van der Waals surface area contributed by atoms with E-state index in [1.165, 1.54) is 77.2 Å². The molecule has 0 aromatic rings. The van der Waals surface area contributed by atoms with Crippen LogP contribution in [0.25, 0.3) is 0 Å². The van der Waals surface area contributed by atoms with Gasteiger partial charge in [0.25, 0.3) is 0 Å². The van der Waals surface area contributed by atoms with Crippen molar-refractivity contribution in [3.05, 3.63) is 0 Å². The third kappa shape index (κ3) is 4.74. The summed E-state index contributed by atoms with van der Waals surface area (Å²) in [4.78, 5) is 10.1. The van der Waals surface area contributed by atoms with Crippen molar-refractivity contribution in [1.82, 2.24) is 15.1 Å². The van der Waals surface area contributed by atoms with E-state index in [1.54, 1.807) is 0 Å². The Balaban J connectivity index is 0.00000192. The van der Waals surface area contributed by atoms with Crippen LogP contribution >= 0.6 is 24.0 Å². The molecule has 2 saturated heterocycles. The Kier molecular flexibility index (Phi) is 7.45. The van der Waals surface area contributed by atoms with Crippen LogP contribution in [0.1, 0.15) is 52.4 Å². The van der Waals surface area contributed by atoms with Crippen LogP contribution in [0, 0.1) is 11.3 Å². The fourth-order valence-electron chi connectivity index (χ4n) is 4.43. The van der Waals surface area contributed by atoms with Crippen molar-refractivity contribution in [3.63, 3.8) is 0 Å². The number of likely N-dealkylation sites (tertiary alicyclic amines) is 2. The number of nitrogens with one attached hydrogen (secondary N) is 1. The van der Waals surface area contributed by atoms with Gasteiger partial charge in [-0.3, -0.25) is 4.99 Å². The fraction of sp³-hybridized carbons (Fsp3) is 0.944. The minimum absolute atomic E-state index is 0. The highest BCUT2D eigenvalue weighted by atomic mass is 127. The van der Waals surface area contributed by atoms with Gasteiger partial charge in [-0.25, -0.2) is 0 Å². The normalized spacial score (nSPS) is 27.7. The molecule has 3 fully saturated rings. The number of hydrogen-bond donors (Lipinski definition) is 1. The predicted molar refractivity (Wildman–Crippen MR) is 109 cm³/mol. The van der Waals surface area contributed by atoms with Crippen LogP contribution in [0.2, 0.25) is 0 Å². The minimum atomic E-state index is 0. The van der Waals surface area contributed by atoms with Gasteiger partial charge >= 0.3 is 0 Å². The summed E-state index contributed by atoms with van der Waals surface area (Å²) in [6.45, 7) is 12.6. The van der Waals surface area contributed by atoms with Crippen molar-refractivity contribution in [2.24, 2.45) is 16.3 Å². The molecule has 0 radical (unpaired) electrons. The molecule has 3 rings (SSSR count). The molecule has 3 aliphatic rings. The van der Waals surface area contributed by atoms with E-state index in [-0.39, 0.29) is 24.0 Å². The number of nitrogens with zero attached hydrogens (tertiary/aromatic N) is 3. The van der Waals surface area contributed by atoms with E-state index in [4.69, 9.17) is 4.99 Å². The summed E-state index contributed by atoms with van der Waals surface area (Å²) in [6.07, 6.45) is 8.40. The van der Waals surface area contributed by atoms with Gasteiger partial charge in [-0.1, -0.05) is 13.3 Å². The zero-order chi connectivity index (χ0) is 15.4. The maximum Gasteiger partial charge on any atom is 0.193 e. The molecule has 2 aliphatic heterocycles. The van der Waals surface area contributed by atoms with Gasteiger partial charge in [-0.05, 0) is 63.5 Å². The van der Waals surface area contributed by atoms with Crippen LogP contribution in [-0.2, 0) is 0 Å². The summed E-state index contributed by atoms with van der Waals surface area (Å²) in [5.41, 5.74) is 0.653. The number of rotatable bonds is 4. The van der Waals surface area contributed by atoms with E-state index in [9.17, 15) is 0 Å². The third-order valence-corrected chi connectivity index (χ3v) is 6.04. The molecule has 1 saturated carbocycles. The van der Waals surface area contributed by atoms with Crippen molar-refractivity contribution >= 4 is 29.9 Å². The van der Waals surface area contributed by atoms with Gasteiger partial charge in [-0.2, -0.15) is 0 Å². The van der Waals surface area contributed by atoms with Gasteiger partial charge in [-0.15, -0.1) is 24.0 Å². The average Bonchev–Trinajstić information content (AvgIpc) is 2.97. The first-order valence-electron chi connectivity index (χ1n) is 9.50. The van der Waals surface area contributed by atoms with Gasteiger partial charge < -0.3 is 15.1 Å². The lowest BCUT2D eigenvalue weighted by Crippen LogP contribution is -2.43. The van der Waals surface area contributed by atoms with Gasteiger partial charge in [0.1, 0.15) is 0 Å². The highest BCUT2D eigenvalue weighted by molar-refractivity contribution is 14.0. The lowest BCUT2D eigenvalue weighted by Gasteiger charge is -2.38. The van der Waals surface area contributed by atoms with E-state index in [1.807, 2.05) is 0 Å². The largest absolute Gasteiger partial charge is 0.357 e. The summed E-state index contributed by atoms with van der Waals surface area (Å²) in [7, 11) is 0. The van der Waals surface area contributed by atoms with Gasteiger partial charge in [0.15, 0.2) is 5.96 Å². The second-order valence-corrected chi connectivity index (χ2v) is 7.62. The van der Waals surface area contributed by atoms with E-state index in [2.05, 4.69) is 29.0 Å². The van der Waals surface area contributed by atoms with Crippen LogP contribution in [-0.4, -0.2) is 61.6 Å². The quantitative estimate of drug-likeness (QED) is 0.419. The number of aliphatic imine (C=N–C) groups is 1. The molecule has 2 heterocycles. The Morgan fingerprint density at radius 3 is 2.61 bits per heavy atom. The molecule has 0 bridgehead atoms. The lowest BCUT2D eigenvalue weighted by atomic mass is 9.68. The highest BCUT2D eigenvalue weighted by Crippen LogP contribution is 2.47. The van der Waals surface area contributed by atoms with Crippen LogP contribution in [0.3, 0.4) is 0 Å². The summed E-state index contributed by atoms with van der Waals surface area (Å²) >= 11 is 0. The molecular weight excluding hydrogens is 399 g/mol. The molecular formula is C18H35IN4. The lowest BCUT2D eigenvalue weighted by molar-refractivity contribution is 0.151. The Labute approximate surface area is 159 Å². The first-order valence-corrected chi connectivity index (χ1v) is 9.50. The standard InChI is InChI=1S/C18H34N4.HI/c1-3-19-17(22-12-10-18(15-22)8-6-9-18)20-13-16-7-5-11-21(4-2)14-16;/h16H,3-15H2,1-2H3,(H,19,20);1H. The molecule has 0 amide bonds. The van der Waals surface area contributed by atoms with Crippen molar-refractivity contribution in [1.29, 1.82) is 0 Å². The maximum atomic E-state index is 5.02. The average molecular weight is 434 g/mol. The van der Waals surface area contributed by atoms with Crippen LogP contribution in [0.4, 0.5) is 0 Å². The van der Waals surface area contributed by atoms with Crippen molar-refractivity contribution in [2.45, 2.75) is 52.4 Å². The Bertz CT molecular complexity index is 394. The third-order valence-electron chi connectivity index (χ3n) is 6.04. The molecule has 0 aromatic carbocycles. The summed E-state index contributed by atoms with van der Waals surface area (Å²) in [6, 6.07) is 0. The van der Waals surface area contributed by atoms with Crippen molar-refractivity contribution < 1.29 is 0 Å². The summed E-state index contributed by atoms with van der Waals surface area (Å²) in [5, 5.41) is 3.54. The Morgan fingerprint density at radius 1 is 1.17 bits per heavy atom. The highest BCUT2D eigenvalue weighted by Gasteiger charge is 2.43. The zero-order valence-corrected chi connectivity index (χ0v) is 17.3. The summed E-state index contributed by atoms with van der Waals surface area (Å²) < 4.78 is 0. The van der Waals surface area contributed by atoms with E-state index in [0.717, 1.165) is 19.0 Å². The first-order chi connectivity index (χ1) is 10.7. The van der Waals surface area contributed by atoms with Crippen LogP contribution in [0.5, 0.6) is 0 Å². The Morgan fingerprint density at radius 2 is 2.00 bits per heavy atom. The van der Waals surface area contributed by atoms with Crippen LogP contribution < -0.4 is 5.32 Å². The first kappa shape index (κ1) is 19.3. The molecule has 1 atom stereocenters. The Hall–Kier alpha value is -0.0400. The zero-order valence-electron chi connectivity index (χ0n) is 15.0. The van der Waals surface area contributed by atoms with E-state index >= 15 is 0 Å². The van der Waals surface area contributed by atoms with Crippen molar-refractivity contribution in [3.8, 4) is 0 Å². The van der Waals surface area contributed by atoms with E-state index < -0.39 is 0 Å². The second-order valence-electron chi connectivity index (χ2n) is 7.62. The molecule has 1 aliphatic carbocycles. The smallest absolute Gasteiger partial charge is 0.193 e. The minimum Gasteiger partial charge on any atom is -0.357 e. The predicted octanol–water partition coefficient (Wildman–Crippen LogP) is 3.18. The molecule has 134 valence electrons. The number of halogens is 1. The van der Waals surface area contributed by atoms with Crippen molar-refractivity contribution in [2.75, 3.05) is 45.8 Å². The van der Waals surface area contributed by atoms with Crippen LogP contribution in [0.15, 0.2) is 4.99 Å². The molecule has 1 spiro atoms. The maximum absolute atomic E-state index is 5.02. The monoisotopic (exact) mass is 434 g/mol. The second kappa shape index (κ2) is 8.88. The molecule has 1 unspecified atom stereocenters. The number of guanidine groups is 1. The van der Waals surface area contributed by atoms with Gasteiger partial charge in [0.05, 0.1) is 0 Å². The van der Waals surface area contributed by atoms with Gasteiger partial charge in [0, 0.05) is 32.7 Å². The topological polar surface area (TPSA) is 30.9 Å². The number of hydrogen-bond acceptors (Lipinski definition) is 2. The molecule has 4 nitrogen and oxygen atoms in total. The fourth-order valence-corrected chi connectivity index (χ4v) is 4.43. The molecule has 5 heteroatoms. The molecule has 23 heavy (non-hydrogen) atoms. The SMILES string of the molecule is CCNC(=NCC1CCCN(CC)C1)N1CCC2(CCC2)C1.I. The van der Waals surface area contributed by atoms with E-state index in [0.29, 0.717) is 5.41 Å². The summed E-state index contributed by atoms with van der Waals surface area (Å²) in [5.74, 6) is 1.93.